The highest BCUT2D eigenvalue weighted by molar-refractivity contribution is 5.54. The van der Waals surface area contributed by atoms with Crippen molar-refractivity contribution in [3.8, 4) is 0 Å². The van der Waals surface area contributed by atoms with E-state index in [1.54, 1.807) is 0 Å². The molecule has 0 fully saturated rings. The fraction of sp³-hybridized carbons (Fsp3) is 0.364. The van der Waals surface area contributed by atoms with Gasteiger partial charge in [-0.25, -0.2) is 0 Å². The van der Waals surface area contributed by atoms with Crippen LogP contribution in [-0.4, -0.2) is 0 Å². The van der Waals surface area contributed by atoms with E-state index in [0.29, 0.717) is 5.92 Å². The van der Waals surface area contributed by atoms with E-state index in [2.05, 4.69) is 43.1 Å². The van der Waals surface area contributed by atoms with Gasteiger partial charge in [0.2, 0.25) is 0 Å². The zero-order valence-electron chi connectivity index (χ0n) is 7.30. The van der Waals surface area contributed by atoms with Crippen LogP contribution in [0.1, 0.15) is 18.9 Å². The fourth-order valence-corrected chi connectivity index (χ4v) is 1.56. The molecule has 62 valence electrons. The lowest BCUT2D eigenvalue weighted by Crippen LogP contribution is -2.17. The first-order valence-corrected chi connectivity index (χ1v) is 4.49. The van der Waals surface area contributed by atoms with Crippen molar-refractivity contribution in [2.24, 2.45) is 5.92 Å². The van der Waals surface area contributed by atoms with E-state index >= 15 is 0 Å². The van der Waals surface area contributed by atoms with E-state index in [9.17, 15) is 0 Å². The highest BCUT2D eigenvalue weighted by Gasteiger charge is 2.16. The molecule has 1 heterocycles. The van der Waals surface area contributed by atoms with Gasteiger partial charge in [0.05, 0.1) is 6.54 Å². The van der Waals surface area contributed by atoms with Gasteiger partial charge >= 0.3 is 0 Å². The number of anilines is 1. The fourth-order valence-electron chi connectivity index (χ4n) is 1.56. The molecule has 0 aliphatic carbocycles. The molecule has 0 bridgehead atoms. The molecule has 1 nitrogen and oxygen atoms in total. The number of para-hydroxylation sites is 1. The van der Waals surface area contributed by atoms with E-state index in [4.69, 9.17) is 0 Å². The van der Waals surface area contributed by atoms with Gasteiger partial charge in [-0.15, -0.1) is 0 Å². The molecule has 1 N–H and O–H groups in total. The molecular weight excluding hydrogens is 146 g/mol. The molecule has 0 saturated heterocycles. The van der Waals surface area contributed by atoms with Crippen molar-refractivity contribution in [3.05, 3.63) is 36.4 Å². The van der Waals surface area contributed by atoms with Gasteiger partial charge in [0, 0.05) is 5.69 Å². The van der Waals surface area contributed by atoms with Crippen molar-refractivity contribution >= 4 is 5.69 Å². The van der Waals surface area contributed by atoms with Crippen LogP contribution in [0.15, 0.2) is 24.3 Å². The molecule has 1 aliphatic heterocycles. The summed E-state index contributed by atoms with van der Waals surface area (Å²) >= 11 is 0. The highest BCUT2D eigenvalue weighted by Crippen LogP contribution is 2.27. The summed E-state index contributed by atoms with van der Waals surface area (Å²) in [5.41, 5.74) is 2.64. The molecule has 1 aromatic carbocycles. The number of hydrogen-bond acceptors (Lipinski definition) is 1. The summed E-state index contributed by atoms with van der Waals surface area (Å²) in [4.78, 5) is 0. The minimum Gasteiger partial charge on any atom is -0.374 e. The Kier molecular flexibility index (Phi) is 2.03. The Hall–Kier alpha value is -0.980. The Bertz CT molecular complexity index is 267. The Morgan fingerprint density at radius 3 is 3.17 bits per heavy atom. The summed E-state index contributed by atoms with van der Waals surface area (Å²) in [7, 11) is 0. The van der Waals surface area contributed by atoms with E-state index in [-0.39, 0.29) is 0 Å². The third-order valence-corrected chi connectivity index (χ3v) is 2.39. The maximum absolute atomic E-state index is 3.27. The molecule has 1 atom stereocenters. The predicted octanol–water partition coefficient (Wildman–Crippen LogP) is 2.72. The normalized spacial score (nSPS) is 21.2. The van der Waals surface area contributed by atoms with E-state index in [0.717, 1.165) is 6.42 Å². The summed E-state index contributed by atoms with van der Waals surface area (Å²) < 4.78 is 0. The van der Waals surface area contributed by atoms with Crippen LogP contribution >= 0.6 is 0 Å². The number of rotatable bonds is 1. The summed E-state index contributed by atoms with van der Waals surface area (Å²) in [6, 6.07) is 8.44. The molecule has 12 heavy (non-hydrogen) atoms. The number of benzene rings is 1. The Labute approximate surface area is 73.8 Å². The van der Waals surface area contributed by atoms with Crippen molar-refractivity contribution in [3.63, 3.8) is 0 Å². The molecule has 1 heteroatoms. The summed E-state index contributed by atoms with van der Waals surface area (Å²) in [6.45, 7) is 5.48. The number of fused-ring (bicyclic) bond motifs is 1. The monoisotopic (exact) mass is 159 g/mol. The van der Waals surface area contributed by atoms with Gasteiger partial charge in [0.25, 0.3) is 0 Å². The largest absolute Gasteiger partial charge is 0.374 e. The van der Waals surface area contributed by atoms with Crippen LogP contribution < -0.4 is 5.32 Å². The minimum atomic E-state index is 0.583. The van der Waals surface area contributed by atoms with Crippen LogP contribution in [0.2, 0.25) is 0 Å². The number of nitrogens with one attached hydrogen (secondary N) is 1. The molecule has 0 amide bonds. The smallest absolute Gasteiger partial charge is 0.0918 e. The first kappa shape index (κ1) is 7.66. The summed E-state index contributed by atoms with van der Waals surface area (Å²) in [5.74, 6) is 0.583. The topological polar surface area (TPSA) is 12.0 Å². The lowest BCUT2D eigenvalue weighted by molar-refractivity contribution is 0.574. The van der Waals surface area contributed by atoms with Crippen molar-refractivity contribution in [2.75, 3.05) is 5.32 Å². The van der Waals surface area contributed by atoms with Crippen molar-refractivity contribution in [1.29, 1.82) is 0 Å². The maximum atomic E-state index is 3.27. The second kappa shape index (κ2) is 3.18. The second-order valence-corrected chi connectivity index (χ2v) is 3.24. The van der Waals surface area contributed by atoms with Crippen molar-refractivity contribution in [1.82, 2.24) is 0 Å². The molecule has 2 radical (unpaired) electrons. The van der Waals surface area contributed by atoms with Crippen LogP contribution in [0.5, 0.6) is 0 Å². The lowest BCUT2D eigenvalue weighted by atomic mass is 9.92. The van der Waals surface area contributed by atoms with E-state index < -0.39 is 0 Å². The third kappa shape index (κ3) is 1.31. The first-order chi connectivity index (χ1) is 5.90. The predicted molar refractivity (Wildman–Crippen MR) is 50.8 cm³/mol. The maximum Gasteiger partial charge on any atom is 0.0918 e. The Morgan fingerprint density at radius 2 is 2.33 bits per heavy atom. The minimum absolute atomic E-state index is 0.583. The van der Waals surface area contributed by atoms with Crippen LogP contribution in [0.3, 0.4) is 0 Å². The average molecular weight is 159 g/mol. The number of hydrogen-bond donors (Lipinski definition) is 1. The van der Waals surface area contributed by atoms with Gasteiger partial charge in [-0.05, 0) is 24.0 Å². The van der Waals surface area contributed by atoms with Gasteiger partial charge < -0.3 is 5.32 Å². The zero-order valence-corrected chi connectivity index (χ0v) is 7.30. The van der Waals surface area contributed by atoms with Crippen LogP contribution in [0, 0.1) is 12.5 Å². The standard InChI is InChI=1S/C11H13N/c1-2-9-7-10-5-3-4-6-11(10)12-8-9/h3-6,9,12H,2,7H2,1H3. The van der Waals surface area contributed by atoms with Gasteiger partial charge in [-0.2, -0.15) is 0 Å². The Morgan fingerprint density at radius 1 is 1.50 bits per heavy atom. The van der Waals surface area contributed by atoms with Crippen LogP contribution in [-0.2, 0) is 6.42 Å². The second-order valence-electron chi connectivity index (χ2n) is 3.24. The highest BCUT2D eigenvalue weighted by atomic mass is 14.9. The third-order valence-electron chi connectivity index (χ3n) is 2.39. The van der Waals surface area contributed by atoms with Crippen molar-refractivity contribution in [2.45, 2.75) is 19.8 Å². The lowest BCUT2D eigenvalue weighted by Gasteiger charge is -2.23. The van der Waals surface area contributed by atoms with Gasteiger partial charge in [-0.1, -0.05) is 31.5 Å². The van der Waals surface area contributed by atoms with Gasteiger partial charge in [0.15, 0.2) is 0 Å². The average Bonchev–Trinajstić information content (AvgIpc) is 2.17. The zero-order chi connectivity index (χ0) is 8.39. The molecule has 0 spiro atoms. The van der Waals surface area contributed by atoms with Gasteiger partial charge in [-0.3, -0.25) is 0 Å². The molecule has 0 aromatic heterocycles. The van der Waals surface area contributed by atoms with Crippen molar-refractivity contribution < 1.29 is 0 Å². The molecule has 1 aromatic rings. The van der Waals surface area contributed by atoms with E-state index in [1.807, 2.05) is 0 Å². The molecule has 1 aliphatic rings. The first-order valence-electron chi connectivity index (χ1n) is 4.49. The van der Waals surface area contributed by atoms with E-state index in [1.165, 1.54) is 17.7 Å². The summed E-state index contributed by atoms with van der Waals surface area (Å²) in [5, 5.41) is 3.21. The summed E-state index contributed by atoms with van der Waals surface area (Å²) in [6.07, 6.45) is 2.31. The molecular formula is C11H13N. The Balaban J connectivity index is 2.23. The SMILES string of the molecule is CCC1[C]Nc2ccccc2C1. The van der Waals surface area contributed by atoms with Crippen LogP contribution in [0.25, 0.3) is 0 Å². The molecule has 2 rings (SSSR count). The van der Waals surface area contributed by atoms with Gasteiger partial charge in [0.1, 0.15) is 0 Å². The van der Waals surface area contributed by atoms with Crippen LogP contribution in [0.4, 0.5) is 5.69 Å². The quantitative estimate of drug-likeness (QED) is 0.664. The molecule has 1 unspecified atom stereocenters. The molecule has 0 saturated carbocycles.